The Hall–Kier alpha value is -3.90. The third-order valence-corrected chi connectivity index (χ3v) is 6.52. The SMILES string of the molecule is Cc1ccc(CN2C(=O)N/C(=C/c3ccc(OCc4ccc5ccccc5c4)c(Br)c3)C2=O)cc1. The van der Waals surface area contributed by atoms with Crippen LogP contribution in [0, 0.1) is 6.92 Å². The molecule has 3 amide bonds. The molecule has 6 heteroatoms. The van der Waals surface area contributed by atoms with Gasteiger partial charge in [0, 0.05) is 0 Å². The normalized spacial score (nSPS) is 14.6. The Labute approximate surface area is 212 Å². The predicted molar refractivity (Wildman–Crippen MR) is 141 cm³/mol. The number of amides is 3. The first-order valence-corrected chi connectivity index (χ1v) is 12.1. The molecule has 0 unspecified atom stereocenters. The number of carbonyl (C=O) groups is 2. The van der Waals surface area contributed by atoms with Crippen molar-refractivity contribution in [1.82, 2.24) is 10.2 Å². The second kappa shape index (κ2) is 9.76. The molecule has 5 nitrogen and oxygen atoms in total. The molecule has 0 spiro atoms. The molecular formula is C29H23BrN2O3. The zero-order chi connectivity index (χ0) is 24.4. The van der Waals surface area contributed by atoms with E-state index in [1.165, 1.54) is 15.7 Å². The molecule has 0 aromatic heterocycles. The van der Waals surface area contributed by atoms with Crippen LogP contribution in [0.1, 0.15) is 22.3 Å². The van der Waals surface area contributed by atoms with Gasteiger partial charge in [-0.2, -0.15) is 0 Å². The van der Waals surface area contributed by atoms with Gasteiger partial charge in [0.05, 0.1) is 11.0 Å². The maximum absolute atomic E-state index is 12.8. The van der Waals surface area contributed by atoms with Crippen LogP contribution < -0.4 is 10.1 Å². The standard InChI is InChI=1S/C29H23BrN2O3/c1-19-6-8-20(9-7-19)17-32-28(33)26(31-29(32)34)16-21-11-13-27(25(30)15-21)35-18-22-10-12-23-4-2-3-5-24(23)14-22/h2-16H,17-18H2,1H3,(H,31,34)/b26-16+. The number of hydrogen-bond acceptors (Lipinski definition) is 3. The largest absolute Gasteiger partial charge is 0.488 e. The lowest BCUT2D eigenvalue weighted by Gasteiger charge is -2.12. The third-order valence-electron chi connectivity index (χ3n) is 5.90. The molecule has 1 saturated heterocycles. The number of imide groups is 1. The number of halogens is 1. The molecule has 0 bridgehead atoms. The van der Waals surface area contributed by atoms with Crippen LogP contribution in [-0.2, 0) is 17.9 Å². The molecule has 1 heterocycles. The van der Waals surface area contributed by atoms with Crippen LogP contribution >= 0.6 is 15.9 Å². The van der Waals surface area contributed by atoms with Crippen LogP contribution in [0.2, 0.25) is 0 Å². The smallest absolute Gasteiger partial charge is 0.329 e. The Morgan fingerprint density at radius 1 is 0.886 bits per heavy atom. The summed E-state index contributed by atoms with van der Waals surface area (Å²) in [6.45, 7) is 2.66. The first-order valence-electron chi connectivity index (χ1n) is 11.3. The van der Waals surface area contributed by atoms with E-state index in [9.17, 15) is 9.59 Å². The van der Waals surface area contributed by atoms with Crippen molar-refractivity contribution in [1.29, 1.82) is 0 Å². The lowest BCUT2D eigenvalue weighted by Crippen LogP contribution is -2.30. The fourth-order valence-electron chi connectivity index (χ4n) is 3.97. The van der Waals surface area contributed by atoms with E-state index in [1.807, 2.05) is 61.5 Å². The lowest BCUT2D eigenvalue weighted by molar-refractivity contribution is -0.123. The highest BCUT2D eigenvalue weighted by molar-refractivity contribution is 9.10. The van der Waals surface area contributed by atoms with Crippen LogP contribution in [0.5, 0.6) is 5.75 Å². The van der Waals surface area contributed by atoms with Gasteiger partial charge in [0.2, 0.25) is 0 Å². The average Bonchev–Trinajstić information content (AvgIpc) is 3.12. The molecule has 1 aliphatic rings. The fraction of sp³-hybridized carbons (Fsp3) is 0.103. The van der Waals surface area contributed by atoms with Crippen molar-refractivity contribution in [2.24, 2.45) is 0 Å². The van der Waals surface area contributed by atoms with E-state index in [0.717, 1.165) is 26.7 Å². The third kappa shape index (κ3) is 5.12. The van der Waals surface area contributed by atoms with Gasteiger partial charge >= 0.3 is 6.03 Å². The number of urea groups is 1. The highest BCUT2D eigenvalue weighted by Gasteiger charge is 2.33. The Morgan fingerprint density at radius 2 is 1.63 bits per heavy atom. The molecule has 35 heavy (non-hydrogen) atoms. The summed E-state index contributed by atoms with van der Waals surface area (Å²) in [7, 11) is 0. The summed E-state index contributed by atoms with van der Waals surface area (Å²) >= 11 is 3.56. The summed E-state index contributed by atoms with van der Waals surface area (Å²) in [6.07, 6.45) is 1.67. The van der Waals surface area contributed by atoms with E-state index in [2.05, 4.69) is 51.6 Å². The van der Waals surface area contributed by atoms with Gasteiger partial charge in [0.1, 0.15) is 18.1 Å². The molecule has 1 fully saturated rings. The van der Waals surface area contributed by atoms with Crippen molar-refractivity contribution in [2.75, 3.05) is 0 Å². The van der Waals surface area contributed by atoms with E-state index in [4.69, 9.17) is 4.74 Å². The van der Waals surface area contributed by atoms with Crippen molar-refractivity contribution >= 4 is 44.7 Å². The number of nitrogens with zero attached hydrogens (tertiary/aromatic N) is 1. The molecule has 1 N–H and O–H groups in total. The number of ether oxygens (including phenoxy) is 1. The van der Waals surface area contributed by atoms with Gasteiger partial charge in [0.15, 0.2) is 0 Å². The van der Waals surface area contributed by atoms with E-state index >= 15 is 0 Å². The molecule has 0 saturated carbocycles. The Balaban J connectivity index is 1.27. The van der Waals surface area contributed by atoms with Gasteiger partial charge in [-0.3, -0.25) is 9.69 Å². The van der Waals surface area contributed by atoms with Crippen molar-refractivity contribution in [3.63, 3.8) is 0 Å². The molecule has 0 atom stereocenters. The molecule has 1 aliphatic heterocycles. The highest BCUT2D eigenvalue weighted by Crippen LogP contribution is 2.29. The summed E-state index contributed by atoms with van der Waals surface area (Å²) in [5, 5.41) is 5.05. The highest BCUT2D eigenvalue weighted by atomic mass is 79.9. The van der Waals surface area contributed by atoms with Gasteiger partial charge in [-0.15, -0.1) is 0 Å². The van der Waals surface area contributed by atoms with Gasteiger partial charge < -0.3 is 10.1 Å². The molecule has 174 valence electrons. The van der Waals surface area contributed by atoms with Crippen LogP contribution in [0.4, 0.5) is 4.79 Å². The quantitative estimate of drug-likeness (QED) is 0.228. The van der Waals surface area contributed by atoms with Crippen molar-refractivity contribution in [2.45, 2.75) is 20.1 Å². The predicted octanol–water partition coefficient (Wildman–Crippen LogP) is 6.58. The first kappa shape index (κ1) is 22.9. The van der Waals surface area contributed by atoms with E-state index in [1.54, 1.807) is 6.08 Å². The minimum Gasteiger partial charge on any atom is -0.488 e. The number of nitrogens with one attached hydrogen (secondary N) is 1. The molecular weight excluding hydrogens is 504 g/mol. The number of hydrogen-bond donors (Lipinski definition) is 1. The molecule has 4 aromatic carbocycles. The number of fused-ring (bicyclic) bond motifs is 1. The summed E-state index contributed by atoms with van der Waals surface area (Å²) < 4.78 is 6.78. The van der Waals surface area contributed by atoms with Crippen LogP contribution in [0.25, 0.3) is 16.8 Å². The van der Waals surface area contributed by atoms with E-state index in [0.29, 0.717) is 12.4 Å². The fourth-order valence-corrected chi connectivity index (χ4v) is 4.48. The molecule has 4 aromatic rings. The van der Waals surface area contributed by atoms with E-state index in [-0.39, 0.29) is 18.1 Å². The van der Waals surface area contributed by atoms with Crippen LogP contribution in [-0.4, -0.2) is 16.8 Å². The number of rotatable bonds is 6. The summed E-state index contributed by atoms with van der Waals surface area (Å²) in [5.41, 5.74) is 4.13. The number of carbonyl (C=O) groups excluding carboxylic acids is 2. The first-order chi connectivity index (χ1) is 17.0. The maximum Gasteiger partial charge on any atom is 0.329 e. The molecule has 0 radical (unpaired) electrons. The minimum atomic E-state index is -0.420. The summed E-state index contributed by atoms with van der Waals surface area (Å²) in [5.74, 6) is 0.353. The average molecular weight is 527 g/mol. The Kier molecular flexibility index (Phi) is 6.38. The Bertz CT molecular complexity index is 1460. The van der Waals surface area contributed by atoms with Crippen molar-refractivity contribution < 1.29 is 14.3 Å². The van der Waals surface area contributed by atoms with Gasteiger partial charge in [-0.05, 0) is 74.6 Å². The monoisotopic (exact) mass is 526 g/mol. The topological polar surface area (TPSA) is 58.6 Å². The van der Waals surface area contributed by atoms with Crippen LogP contribution in [0.3, 0.4) is 0 Å². The molecule has 0 aliphatic carbocycles. The molecule has 5 rings (SSSR count). The van der Waals surface area contributed by atoms with Crippen molar-refractivity contribution in [3.05, 3.63) is 117 Å². The minimum absolute atomic E-state index is 0.230. The number of aryl methyl sites for hydroxylation is 1. The summed E-state index contributed by atoms with van der Waals surface area (Å²) in [6, 6.07) is 27.4. The van der Waals surface area contributed by atoms with Gasteiger partial charge in [0.25, 0.3) is 5.91 Å². The van der Waals surface area contributed by atoms with Crippen molar-refractivity contribution in [3.8, 4) is 5.75 Å². The second-order valence-electron chi connectivity index (χ2n) is 8.53. The maximum atomic E-state index is 12.8. The van der Waals surface area contributed by atoms with Gasteiger partial charge in [-0.1, -0.05) is 72.3 Å². The van der Waals surface area contributed by atoms with E-state index < -0.39 is 6.03 Å². The van der Waals surface area contributed by atoms with Crippen LogP contribution in [0.15, 0.2) is 95.1 Å². The van der Waals surface area contributed by atoms with Gasteiger partial charge in [-0.25, -0.2) is 4.79 Å². The Morgan fingerprint density at radius 3 is 2.40 bits per heavy atom. The summed E-state index contributed by atoms with van der Waals surface area (Å²) in [4.78, 5) is 26.5. The zero-order valence-electron chi connectivity index (χ0n) is 19.1. The second-order valence-corrected chi connectivity index (χ2v) is 9.38. The number of benzene rings is 4. The lowest BCUT2D eigenvalue weighted by atomic mass is 10.1. The zero-order valence-corrected chi connectivity index (χ0v) is 20.7.